The van der Waals surface area contributed by atoms with E-state index in [0.717, 1.165) is 51.9 Å². The molecule has 0 bridgehead atoms. The lowest BCUT2D eigenvalue weighted by Gasteiger charge is -2.42. The first kappa shape index (κ1) is 17.0. The number of likely N-dealkylation sites (N-methyl/N-ethyl adjacent to an activating group) is 1. The second-order valence-corrected chi connectivity index (χ2v) is 4.83. The van der Waals surface area contributed by atoms with E-state index in [-0.39, 0.29) is 24.8 Å². The van der Waals surface area contributed by atoms with Crippen LogP contribution in [-0.2, 0) is 4.79 Å². The van der Waals surface area contributed by atoms with Crippen molar-refractivity contribution in [3.63, 3.8) is 0 Å². The number of carbonyl (C=O) groups is 1. The monoisotopic (exact) mass is 284 g/mol. The third-order valence-corrected chi connectivity index (χ3v) is 3.94. The summed E-state index contributed by atoms with van der Waals surface area (Å²) in [6.07, 6.45) is 3.81. The van der Waals surface area contributed by atoms with Crippen LogP contribution in [0.2, 0.25) is 0 Å². The smallest absolute Gasteiger partial charge is 0.324 e. The Hall–Kier alpha value is -0.0300. The molecule has 1 N–H and O–H groups in total. The molecule has 6 heteroatoms. The Morgan fingerprint density at radius 2 is 1.53 bits per heavy atom. The number of carboxylic acid groups (broad SMARTS) is 1. The van der Waals surface area contributed by atoms with Crippen molar-refractivity contribution in [2.24, 2.45) is 0 Å². The SMILES string of the molecule is CN1CCN(C2(C(=O)O)CCCC2)CC1.Cl.Cl. The number of piperazine rings is 1. The molecule has 1 aliphatic carbocycles. The van der Waals surface area contributed by atoms with Crippen LogP contribution >= 0.6 is 24.8 Å². The topological polar surface area (TPSA) is 43.8 Å². The van der Waals surface area contributed by atoms with E-state index in [2.05, 4.69) is 16.8 Å². The van der Waals surface area contributed by atoms with Crippen LogP contribution in [-0.4, -0.2) is 59.6 Å². The number of aliphatic carboxylic acids is 1. The van der Waals surface area contributed by atoms with E-state index >= 15 is 0 Å². The zero-order valence-electron chi connectivity index (χ0n) is 10.2. The van der Waals surface area contributed by atoms with Crippen molar-refractivity contribution < 1.29 is 9.90 Å². The summed E-state index contributed by atoms with van der Waals surface area (Å²) < 4.78 is 0. The molecule has 102 valence electrons. The van der Waals surface area contributed by atoms with E-state index in [1.54, 1.807) is 0 Å². The summed E-state index contributed by atoms with van der Waals surface area (Å²) in [4.78, 5) is 15.9. The predicted molar refractivity (Wildman–Crippen MR) is 72.4 cm³/mol. The molecule has 0 spiro atoms. The predicted octanol–water partition coefficient (Wildman–Crippen LogP) is 1.47. The number of carboxylic acids is 1. The van der Waals surface area contributed by atoms with E-state index < -0.39 is 11.5 Å². The lowest BCUT2D eigenvalue weighted by Crippen LogP contribution is -2.59. The summed E-state index contributed by atoms with van der Waals surface area (Å²) in [5.74, 6) is -0.607. The maximum absolute atomic E-state index is 11.4. The highest BCUT2D eigenvalue weighted by molar-refractivity contribution is 5.85. The molecule has 0 radical (unpaired) electrons. The third-order valence-electron chi connectivity index (χ3n) is 3.94. The Morgan fingerprint density at radius 1 is 1.06 bits per heavy atom. The average molecular weight is 285 g/mol. The number of hydrogen-bond donors (Lipinski definition) is 1. The highest BCUT2D eigenvalue weighted by atomic mass is 35.5. The fraction of sp³-hybridized carbons (Fsp3) is 0.909. The molecule has 1 saturated carbocycles. The van der Waals surface area contributed by atoms with E-state index in [0.29, 0.717) is 0 Å². The Labute approximate surface area is 115 Å². The summed E-state index contributed by atoms with van der Waals surface area (Å²) in [7, 11) is 2.10. The summed E-state index contributed by atoms with van der Waals surface area (Å²) >= 11 is 0. The lowest BCUT2D eigenvalue weighted by molar-refractivity contribution is -0.152. The van der Waals surface area contributed by atoms with E-state index in [9.17, 15) is 9.90 Å². The van der Waals surface area contributed by atoms with Crippen LogP contribution in [0.25, 0.3) is 0 Å². The molecule has 1 heterocycles. The molecule has 0 aromatic heterocycles. The minimum Gasteiger partial charge on any atom is -0.480 e. The summed E-state index contributed by atoms with van der Waals surface area (Å²) in [6.45, 7) is 3.80. The molecule has 17 heavy (non-hydrogen) atoms. The summed E-state index contributed by atoms with van der Waals surface area (Å²) in [6, 6.07) is 0. The van der Waals surface area contributed by atoms with Crippen molar-refractivity contribution in [1.82, 2.24) is 9.80 Å². The fourth-order valence-electron chi connectivity index (χ4n) is 2.86. The van der Waals surface area contributed by atoms with Gasteiger partial charge in [-0.3, -0.25) is 9.69 Å². The molecular weight excluding hydrogens is 263 g/mol. The van der Waals surface area contributed by atoms with Crippen LogP contribution in [0.5, 0.6) is 0 Å². The van der Waals surface area contributed by atoms with E-state index in [4.69, 9.17) is 0 Å². The zero-order valence-corrected chi connectivity index (χ0v) is 11.9. The van der Waals surface area contributed by atoms with Gasteiger partial charge in [0.05, 0.1) is 0 Å². The van der Waals surface area contributed by atoms with Gasteiger partial charge < -0.3 is 10.0 Å². The van der Waals surface area contributed by atoms with Gasteiger partial charge in [-0.25, -0.2) is 0 Å². The molecule has 2 fully saturated rings. The summed E-state index contributed by atoms with van der Waals surface area (Å²) in [5.41, 5.74) is -0.527. The van der Waals surface area contributed by atoms with Gasteiger partial charge in [-0.2, -0.15) is 0 Å². The van der Waals surface area contributed by atoms with Gasteiger partial charge in [-0.05, 0) is 19.9 Å². The van der Waals surface area contributed by atoms with Gasteiger partial charge in [0.2, 0.25) is 0 Å². The van der Waals surface area contributed by atoms with Crippen LogP contribution in [0, 0.1) is 0 Å². The van der Waals surface area contributed by atoms with Crippen LogP contribution in [0.3, 0.4) is 0 Å². The normalized spacial score (nSPS) is 24.8. The van der Waals surface area contributed by atoms with Gasteiger partial charge in [0.1, 0.15) is 5.54 Å². The van der Waals surface area contributed by atoms with Gasteiger partial charge in [0.25, 0.3) is 0 Å². The highest BCUT2D eigenvalue weighted by Gasteiger charge is 2.46. The van der Waals surface area contributed by atoms with Crippen LogP contribution in [0.4, 0.5) is 0 Å². The third kappa shape index (κ3) is 3.25. The highest BCUT2D eigenvalue weighted by Crippen LogP contribution is 2.36. The maximum Gasteiger partial charge on any atom is 0.324 e. The molecular formula is C11H22Cl2N2O2. The number of nitrogens with zero attached hydrogens (tertiary/aromatic N) is 2. The van der Waals surface area contributed by atoms with E-state index in [1.165, 1.54) is 0 Å². The maximum atomic E-state index is 11.4. The minimum absolute atomic E-state index is 0. The first-order valence-corrected chi connectivity index (χ1v) is 5.82. The second-order valence-electron chi connectivity index (χ2n) is 4.83. The zero-order chi connectivity index (χ0) is 10.9. The van der Waals surface area contributed by atoms with Crippen LogP contribution in [0.1, 0.15) is 25.7 Å². The Balaban J connectivity index is 0.00000128. The first-order chi connectivity index (χ1) is 7.15. The first-order valence-electron chi connectivity index (χ1n) is 5.82. The standard InChI is InChI=1S/C11H20N2O2.2ClH/c1-12-6-8-13(9-7-12)11(10(14)15)4-2-3-5-11;;/h2-9H2,1H3,(H,14,15);2*1H. The van der Waals surface area contributed by atoms with Gasteiger partial charge in [-0.15, -0.1) is 24.8 Å². The van der Waals surface area contributed by atoms with Crippen molar-refractivity contribution in [2.45, 2.75) is 31.2 Å². The van der Waals surface area contributed by atoms with E-state index in [1.807, 2.05) is 0 Å². The Kier molecular flexibility index (Phi) is 6.77. The Morgan fingerprint density at radius 3 is 1.94 bits per heavy atom. The molecule has 0 atom stereocenters. The fourth-order valence-corrected chi connectivity index (χ4v) is 2.86. The molecule has 0 amide bonds. The van der Waals surface area contributed by atoms with Crippen LogP contribution in [0.15, 0.2) is 0 Å². The van der Waals surface area contributed by atoms with Gasteiger partial charge in [0.15, 0.2) is 0 Å². The molecule has 0 unspecified atom stereocenters. The largest absolute Gasteiger partial charge is 0.480 e. The lowest BCUT2D eigenvalue weighted by atomic mass is 9.94. The molecule has 0 aromatic rings. The minimum atomic E-state index is -0.607. The number of rotatable bonds is 2. The summed E-state index contributed by atoms with van der Waals surface area (Å²) in [5, 5.41) is 9.43. The average Bonchev–Trinajstić information content (AvgIpc) is 2.69. The van der Waals surface area contributed by atoms with Crippen LogP contribution < -0.4 is 0 Å². The molecule has 2 rings (SSSR count). The van der Waals surface area contributed by atoms with Gasteiger partial charge >= 0.3 is 5.97 Å². The van der Waals surface area contributed by atoms with Gasteiger partial charge in [-0.1, -0.05) is 12.8 Å². The molecule has 1 saturated heterocycles. The Bertz CT molecular complexity index is 250. The quantitative estimate of drug-likeness (QED) is 0.834. The van der Waals surface area contributed by atoms with Crippen molar-refractivity contribution >= 4 is 30.8 Å². The number of halogens is 2. The van der Waals surface area contributed by atoms with Crippen molar-refractivity contribution in [3.05, 3.63) is 0 Å². The molecule has 1 aliphatic heterocycles. The molecule has 2 aliphatic rings. The molecule has 4 nitrogen and oxygen atoms in total. The van der Waals surface area contributed by atoms with Crippen molar-refractivity contribution in [3.8, 4) is 0 Å². The second kappa shape index (κ2) is 6.78. The molecule has 0 aromatic carbocycles. The van der Waals surface area contributed by atoms with Gasteiger partial charge in [0, 0.05) is 26.2 Å². The van der Waals surface area contributed by atoms with Crippen molar-refractivity contribution in [2.75, 3.05) is 33.2 Å². The number of hydrogen-bond acceptors (Lipinski definition) is 3. The van der Waals surface area contributed by atoms with Crippen molar-refractivity contribution in [1.29, 1.82) is 0 Å².